The fourth-order valence-corrected chi connectivity index (χ4v) is 3.70. The summed E-state index contributed by atoms with van der Waals surface area (Å²) in [5.74, 6) is -0.466. The van der Waals surface area contributed by atoms with Crippen molar-refractivity contribution in [3.63, 3.8) is 0 Å². The Hall–Kier alpha value is -2.51. The third kappa shape index (κ3) is 4.74. The molecule has 0 saturated carbocycles. The van der Waals surface area contributed by atoms with Crippen LogP contribution in [0.1, 0.15) is 19.6 Å². The monoisotopic (exact) mass is 371 g/mol. The van der Waals surface area contributed by atoms with Gasteiger partial charge in [-0.1, -0.05) is 30.3 Å². The van der Waals surface area contributed by atoms with Gasteiger partial charge in [0.1, 0.15) is 5.01 Å². The molecule has 0 atom stereocenters. The second kappa shape index (κ2) is 8.04. The molecule has 0 bridgehead atoms. The number of amides is 2. The highest BCUT2D eigenvalue weighted by Crippen LogP contribution is 2.21. The zero-order valence-corrected chi connectivity index (χ0v) is 15.2. The van der Waals surface area contributed by atoms with Crippen molar-refractivity contribution < 1.29 is 9.59 Å². The molecular formula is C18H17N3O2S2. The van der Waals surface area contributed by atoms with Gasteiger partial charge in [0, 0.05) is 15.8 Å². The molecule has 0 unspecified atom stereocenters. The van der Waals surface area contributed by atoms with Gasteiger partial charge in [-0.05, 0) is 19.1 Å². The van der Waals surface area contributed by atoms with Crippen LogP contribution in [-0.4, -0.2) is 23.3 Å². The van der Waals surface area contributed by atoms with Crippen LogP contribution in [0.2, 0.25) is 0 Å². The maximum absolute atomic E-state index is 11.9. The Balaban J connectivity index is 1.46. The molecule has 1 aromatic carbocycles. The van der Waals surface area contributed by atoms with Crippen LogP contribution in [0.3, 0.4) is 0 Å². The van der Waals surface area contributed by atoms with E-state index >= 15 is 0 Å². The van der Waals surface area contributed by atoms with Gasteiger partial charge >= 0.3 is 0 Å². The highest BCUT2D eigenvalue weighted by Gasteiger charge is 2.10. The Morgan fingerprint density at radius 3 is 2.60 bits per heavy atom. The van der Waals surface area contributed by atoms with Crippen molar-refractivity contribution in [2.45, 2.75) is 13.5 Å². The summed E-state index contributed by atoms with van der Waals surface area (Å²) in [6.07, 6.45) is 0. The van der Waals surface area contributed by atoms with Crippen molar-refractivity contribution in [1.29, 1.82) is 0 Å². The molecule has 2 N–H and O–H groups in total. The Morgan fingerprint density at radius 2 is 1.88 bits per heavy atom. The number of aromatic nitrogens is 1. The Bertz CT molecular complexity index is 871. The SMILES string of the molecule is Cc1ccc(C(=O)NCC(=O)NCc2nc(-c3ccccc3)cs2)s1. The van der Waals surface area contributed by atoms with Gasteiger partial charge in [-0.3, -0.25) is 9.59 Å². The second-order valence-corrected chi connectivity index (χ2v) is 7.59. The third-order valence-electron chi connectivity index (χ3n) is 3.43. The maximum Gasteiger partial charge on any atom is 0.261 e. The number of carbonyl (C=O) groups is 2. The number of rotatable bonds is 6. The van der Waals surface area contributed by atoms with Crippen molar-refractivity contribution in [2.75, 3.05) is 6.54 Å². The zero-order valence-electron chi connectivity index (χ0n) is 13.6. The number of aryl methyl sites for hydroxylation is 1. The van der Waals surface area contributed by atoms with Crippen LogP contribution in [0.4, 0.5) is 0 Å². The second-order valence-electron chi connectivity index (χ2n) is 5.36. The summed E-state index contributed by atoms with van der Waals surface area (Å²) in [4.78, 5) is 30.0. The van der Waals surface area contributed by atoms with Crippen LogP contribution in [-0.2, 0) is 11.3 Å². The first-order chi connectivity index (χ1) is 12.1. The Morgan fingerprint density at radius 1 is 1.08 bits per heavy atom. The van der Waals surface area contributed by atoms with Gasteiger partial charge in [-0.15, -0.1) is 22.7 Å². The minimum absolute atomic E-state index is 0.0489. The highest BCUT2D eigenvalue weighted by atomic mass is 32.1. The number of carbonyl (C=O) groups excluding carboxylic acids is 2. The lowest BCUT2D eigenvalue weighted by Gasteiger charge is -2.04. The topological polar surface area (TPSA) is 71.1 Å². The van der Waals surface area contributed by atoms with Gasteiger partial charge < -0.3 is 10.6 Å². The summed E-state index contributed by atoms with van der Waals surface area (Å²) in [7, 11) is 0. The first-order valence-electron chi connectivity index (χ1n) is 7.73. The van der Waals surface area contributed by atoms with Crippen molar-refractivity contribution in [1.82, 2.24) is 15.6 Å². The van der Waals surface area contributed by atoms with E-state index in [1.165, 1.54) is 22.7 Å². The van der Waals surface area contributed by atoms with E-state index in [1.807, 2.05) is 48.7 Å². The molecule has 25 heavy (non-hydrogen) atoms. The van der Waals surface area contributed by atoms with E-state index in [-0.39, 0.29) is 18.4 Å². The van der Waals surface area contributed by atoms with Crippen LogP contribution in [0.25, 0.3) is 11.3 Å². The van der Waals surface area contributed by atoms with Gasteiger partial charge in [-0.25, -0.2) is 4.98 Å². The fraction of sp³-hybridized carbons (Fsp3) is 0.167. The summed E-state index contributed by atoms with van der Waals surface area (Å²) < 4.78 is 0. The lowest BCUT2D eigenvalue weighted by Crippen LogP contribution is -2.36. The molecule has 2 aromatic heterocycles. The van der Waals surface area contributed by atoms with Crippen molar-refractivity contribution in [3.05, 3.63) is 62.6 Å². The molecule has 0 fully saturated rings. The van der Waals surface area contributed by atoms with Crippen LogP contribution in [0.5, 0.6) is 0 Å². The van der Waals surface area contributed by atoms with Crippen molar-refractivity contribution in [3.8, 4) is 11.3 Å². The number of benzene rings is 1. The highest BCUT2D eigenvalue weighted by molar-refractivity contribution is 7.14. The van der Waals surface area contributed by atoms with Gasteiger partial charge in [0.05, 0.1) is 23.7 Å². The number of nitrogens with one attached hydrogen (secondary N) is 2. The molecule has 5 nitrogen and oxygen atoms in total. The first kappa shape index (κ1) is 17.3. The Kier molecular flexibility index (Phi) is 5.57. The summed E-state index contributed by atoms with van der Waals surface area (Å²) >= 11 is 2.91. The minimum Gasteiger partial charge on any atom is -0.348 e. The normalized spacial score (nSPS) is 10.4. The van der Waals surface area contributed by atoms with Crippen LogP contribution < -0.4 is 10.6 Å². The minimum atomic E-state index is -0.238. The van der Waals surface area contributed by atoms with Crippen molar-refractivity contribution in [2.24, 2.45) is 0 Å². The van der Waals surface area contributed by atoms with E-state index in [2.05, 4.69) is 15.6 Å². The van der Waals surface area contributed by atoms with Gasteiger partial charge in [0.2, 0.25) is 5.91 Å². The number of nitrogens with zero attached hydrogens (tertiary/aromatic N) is 1. The summed E-state index contributed by atoms with van der Waals surface area (Å²) in [5, 5.41) is 8.19. The smallest absolute Gasteiger partial charge is 0.261 e. The lowest BCUT2D eigenvalue weighted by molar-refractivity contribution is -0.120. The van der Waals surface area contributed by atoms with E-state index in [1.54, 1.807) is 6.07 Å². The number of hydrogen-bond donors (Lipinski definition) is 2. The van der Waals surface area contributed by atoms with E-state index < -0.39 is 0 Å². The maximum atomic E-state index is 11.9. The summed E-state index contributed by atoms with van der Waals surface area (Å²) in [6, 6.07) is 13.5. The first-order valence-corrected chi connectivity index (χ1v) is 9.42. The van der Waals surface area contributed by atoms with Crippen LogP contribution in [0.15, 0.2) is 47.8 Å². The predicted molar refractivity (Wildman–Crippen MR) is 101 cm³/mol. The molecular weight excluding hydrogens is 354 g/mol. The largest absolute Gasteiger partial charge is 0.348 e. The van der Waals surface area contributed by atoms with Gasteiger partial charge in [0.15, 0.2) is 0 Å². The third-order valence-corrected chi connectivity index (χ3v) is 5.28. The summed E-state index contributed by atoms with van der Waals surface area (Å²) in [6.45, 7) is 2.24. The van der Waals surface area contributed by atoms with Crippen LogP contribution in [0, 0.1) is 6.92 Å². The number of thiazole rings is 1. The standard InChI is InChI=1S/C18H17N3O2S2/c1-12-7-8-15(25-12)18(23)20-9-16(22)19-10-17-21-14(11-24-17)13-5-3-2-4-6-13/h2-8,11H,9-10H2,1H3,(H,19,22)(H,20,23). The zero-order chi connectivity index (χ0) is 17.6. The van der Waals surface area contributed by atoms with E-state index in [9.17, 15) is 9.59 Å². The van der Waals surface area contributed by atoms with Crippen molar-refractivity contribution >= 4 is 34.5 Å². The molecule has 0 aliphatic rings. The lowest BCUT2D eigenvalue weighted by atomic mass is 10.2. The van der Waals surface area contributed by atoms with Gasteiger partial charge in [-0.2, -0.15) is 0 Å². The molecule has 3 aromatic rings. The molecule has 0 spiro atoms. The molecule has 3 rings (SSSR count). The van der Waals surface area contributed by atoms with E-state index in [4.69, 9.17) is 0 Å². The predicted octanol–water partition coefficient (Wildman–Crippen LogP) is 3.23. The molecule has 2 amide bonds. The average Bonchev–Trinajstić information content (AvgIpc) is 3.28. The molecule has 7 heteroatoms. The van der Waals surface area contributed by atoms with Gasteiger partial charge in [0.25, 0.3) is 5.91 Å². The number of thiophene rings is 1. The molecule has 0 aliphatic carbocycles. The number of hydrogen-bond acceptors (Lipinski definition) is 5. The molecule has 2 heterocycles. The molecule has 0 radical (unpaired) electrons. The fourth-order valence-electron chi connectivity index (χ4n) is 2.17. The molecule has 128 valence electrons. The van der Waals surface area contributed by atoms with E-state index in [0.29, 0.717) is 11.4 Å². The van der Waals surface area contributed by atoms with E-state index in [0.717, 1.165) is 21.1 Å². The quantitative estimate of drug-likeness (QED) is 0.699. The van der Waals surface area contributed by atoms with Crippen LogP contribution >= 0.6 is 22.7 Å². The molecule has 0 saturated heterocycles. The average molecular weight is 371 g/mol. The Labute approximate surface area is 153 Å². The molecule has 0 aliphatic heterocycles. The summed E-state index contributed by atoms with van der Waals surface area (Å²) in [5.41, 5.74) is 1.95.